The van der Waals surface area contributed by atoms with Crippen molar-refractivity contribution in [2.45, 2.75) is 25.8 Å². The molecular weight excluding hydrogens is 317 g/mol. The lowest BCUT2D eigenvalue weighted by Gasteiger charge is -2.14. The van der Waals surface area contributed by atoms with E-state index in [0.29, 0.717) is 24.5 Å². The number of rotatable bonds is 7. The Balaban J connectivity index is 1.68. The highest BCUT2D eigenvalue weighted by atomic mass is 35.5. The predicted molar refractivity (Wildman–Crippen MR) is 89.1 cm³/mol. The van der Waals surface area contributed by atoms with Crippen molar-refractivity contribution in [3.05, 3.63) is 64.9 Å². The molecule has 0 aliphatic rings. The Kier molecular flexibility index (Phi) is 6.41. The Morgan fingerprint density at radius 3 is 2.48 bits per heavy atom. The lowest BCUT2D eigenvalue weighted by atomic mass is 10.1. The van der Waals surface area contributed by atoms with Crippen LogP contribution in [0.15, 0.2) is 48.5 Å². The Morgan fingerprint density at radius 1 is 1.17 bits per heavy atom. The molecule has 0 aliphatic heterocycles. The molecule has 0 spiro atoms. The van der Waals surface area contributed by atoms with Gasteiger partial charge in [-0.3, -0.25) is 4.79 Å². The number of carbonyl (C=O) groups excluding carboxylic acids is 1. The molecule has 1 amide bonds. The largest absolute Gasteiger partial charge is 0.494 e. The van der Waals surface area contributed by atoms with Crippen LogP contribution in [0.1, 0.15) is 31.4 Å². The van der Waals surface area contributed by atoms with Crippen LogP contribution in [0.2, 0.25) is 5.02 Å². The summed E-state index contributed by atoms with van der Waals surface area (Å²) >= 11 is 5.79. The SMILES string of the molecule is C[C@H](NC(=O)CCCOc1ccc(Cl)cc1)c1ccc(F)cc1. The first-order chi connectivity index (χ1) is 11.0. The van der Waals surface area contributed by atoms with Crippen molar-refractivity contribution in [2.75, 3.05) is 6.61 Å². The van der Waals surface area contributed by atoms with Gasteiger partial charge in [0.05, 0.1) is 12.6 Å². The number of benzene rings is 2. The summed E-state index contributed by atoms with van der Waals surface area (Å²) in [5, 5.41) is 3.55. The maximum Gasteiger partial charge on any atom is 0.220 e. The summed E-state index contributed by atoms with van der Waals surface area (Å²) in [5.41, 5.74) is 0.872. The van der Waals surface area contributed by atoms with Crippen LogP contribution in [0, 0.1) is 5.82 Å². The fourth-order valence-corrected chi connectivity index (χ4v) is 2.23. The lowest BCUT2D eigenvalue weighted by molar-refractivity contribution is -0.121. The van der Waals surface area contributed by atoms with Crippen LogP contribution in [-0.4, -0.2) is 12.5 Å². The van der Waals surface area contributed by atoms with Crippen molar-refractivity contribution in [1.82, 2.24) is 5.32 Å². The highest BCUT2D eigenvalue weighted by molar-refractivity contribution is 6.30. The second-order valence-corrected chi connectivity index (χ2v) is 5.68. The average Bonchev–Trinajstić information content (AvgIpc) is 2.54. The second kappa shape index (κ2) is 8.53. The molecule has 0 saturated heterocycles. The normalized spacial score (nSPS) is 11.8. The maximum absolute atomic E-state index is 12.9. The van der Waals surface area contributed by atoms with E-state index in [1.54, 1.807) is 36.4 Å². The van der Waals surface area contributed by atoms with Crippen molar-refractivity contribution in [1.29, 1.82) is 0 Å². The van der Waals surface area contributed by atoms with Crippen molar-refractivity contribution in [3.63, 3.8) is 0 Å². The van der Waals surface area contributed by atoms with Gasteiger partial charge >= 0.3 is 0 Å². The Morgan fingerprint density at radius 2 is 1.83 bits per heavy atom. The van der Waals surface area contributed by atoms with Gasteiger partial charge in [0.2, 0.25) is 5.91 Å². The van der Waals surface area contributed by atoms with Crippen LogP contribution in [0.5, 0.6) is 5.75 Å². The second-order valence-electron chi connectivity index (χ2n) is 5.25. The number of hydrogen-bond donors (Lipinski definition) is 1. The molecule has 2 aromatic carbocycles. The number of amides is 1. The van der Waals surface area contributed by atoms with Gasteiger partial charge in [-0.05, 0) is 55.3 Å². The number of ether oxygens (including phenoxy) is 1. The number of halogens is 2. The quantitative estimate of drug-likeness (QED) is 0.756. The molecule has 0 unspecified atom stereocenters. The Hall–Kier alpha value is -2.07. The van der Waals surface area contributed by atoms with E-state index in [4.69, 9.17) is 16.3 Å². The fraction of sp³-hybridized carbons (Fsp3) is 0.278. The number of nitrogens with one attached hydrogen (secondary N) is 1. The van der Waals surface area contributed by atoms with Crippen molar-refractivity contribution >= 4 is 17.5 Å². The first kappa shape index (κ1) is 17.3. The summed E-state index contributed by atoms with van der Waals surface area (Å²) in [7, 11) is 0. The van der Waals surface area contributed by atoms with Crippen LogP contribution < -0.4 is 10.1 Å². The van der Waals surface area contributed by atoms with Crippen molar-refractivity contribution in [3.8, 4) is 5.75 Å². The number of carbonyl (C=O) groups is 1. The molecule has 0 aromatic heterocycles. The third kappa shape index (κ3) is 5.91. The van der Waals surface area contributed by atoms with Gasteiger partial charge in [0.25, 0.3) is 0 Å². The molecule has 5 heteroatoms. The molecule has 122 valence electrons. The molecule has 2 aromatic rings. The van der Waals surface area contributed by atoms with E-state index in [2.05, 4.69) is 5.32 Å². The molecule has 0 aliphatic carbocycles. The third-order valence-electron chi connectivity index (χ3n) is 3.38. The van der Waals surface area contributed by atoms with Gasteiger partial charge in [0.15, 0.2) is 0 Å². The van der Waals surface area contributed by atoms with Crippen LogP contribution in [0.25, 0.3) is 0 Å². The molecule has 0 saturated carbocycles. The standard InChI is InChI=1S/C18H19ClFNO2/c1-13(14-4-8-16(20)9-5-14)21-18(22)3-2-12-23-17-10-6-15(19)7-11-17/h4-11,13H,2-3,12H2,1H3,(H,21,22)/t13-/m0/s1. The zero-order valence-electron chi connectivity index (χ0n) is 12.9. The molecule has 1 atom stereocenters. The minimum atomic E-state index is -0.286. The van der Waals surface area contributed by atoms with Gasteiger partial charge in [-0.2, -0.15) is 0 Å². The number of hydrogen-bond acceptors (Lipinski definition) is 2. The highest BCUT2D eigenvalue weighted by Crippen LogP contribution is 2.16. The zero-order valence-corrected chi connectivity index (χ0v) is 13.6. The monoisotopic (exact) mass is 335 g/mol. The minimum Gasteiger partial charge on any atom is -0.494 e. The molecule has 0 heterocycles. The third-order valence-corrected chi connectivity index (χ3v) is 3.63. The van der Waals surface area contributed by atoms with E-state index in [0.717, 1.165) is 11.3 Å². The Labute approximate surface area is 140 Å². The molecule has 1 N–H and O–H groups in total. The molecule has 3 nitrogen and oxygen atoms in total. The smallest absolute Gasteiger partial charge is 0.220 e. The maximum atomic E-state index is 12.9. The van der Waals surface area contributed by atoms with E-state index >= 15 is 0 Å². The van der Waals surface area contributed by atoms with E-state index < -0.39 is 0 Å². The molecule has 0 radical (unpaired) electrons. The fourth-order valence-electron chi connectivity index (χ4n) is 2.10. The van der Waals surface area contributed by atoms with Crippen LogP contribution in [0.4, 0.5) is 4.39 Å². The van der Waals surface area contributed by atoms with Gasteiger partial charge in [-0.1, -0.05) is 23.7 Å². The summed E-state index contributed by atoms with van der Waals surface area (Å²) < 4.78 is 18.4. The van der Waals surface area contributed by atoms with E-state index in [9.17, 15) is 9.18 Å². The Bertz CT molecular complexity index is 628. The summed E-state index contributed by atoms with van der Waals surface area (Å²) in [6.45, 7) is 2.33. The average molecular weight is 336 g/mol. The predicted octanol–water partition coefficient (Wildman–Crippen LogP) is 4.52. The van der Waals surface area contributed by atoms with Gasteiger partial charge in [-0.15, -0.1) is 0 Å². The van der Waals surface area contributed by atoms with Gasteiger partial charge in [-0.25, -0.2) is 4.39 Å². The van der Waals surface area contributed by atoms with Gasteiger partial charge < -0.3 is 10.1 Å². The summed E-state index contributed by atoms with van der Waals surface area (Å²) in [5.74, 6) is 0.391. The zero-order chi connectivity index (χ0) is 16.7. The molecule has 2 rings (SSSR count). The van der Waals surface area contributed by atoms with Crippen LogP contribution in [0.3, 0.4) is 0 Å². The molecule has 0 bridgehead atoms. The minimum absolute atomic E-state index is 0.0541. The van der Waals surface area contributed by atoms with Crippen LogP contribution in [-0.2, 0) is 4.79 Å². The molecular formula is C18H19ClFNO2. The van der Waals surface area contributed by atoms with E-state index in [1.807, 2.05) is 6.92 Å². The topological polar surface area (TPSA) is 38.3 Å². The van der Waals surface area contributed by atoms with Crippen molar-refractivity contribution in [2.24, 2.45) is 0 Å². The summed E-state index contributed by atoms with van der Waals surface area (Å²) in [4.78, 5) is 11.9. The van der Waals surface area contributed by atoms with E-state index in [-0.39, 0.29) is 17.8 Å². The molecule has 23 heavy (non-hydrogen) atoms. The first-order valence-electron chi connectivity index (χ1n) is 7.48. The van der Waals surface area contributed by atoms with Crippen molar-refractivity contribution < 1.29 is 13.9 Å². The highest BCUT2D eigenvalue weighted by Gasteiger charge is 2.09. The molecule has 0 fully saturated rings. The first-order valence-corrected chi connectivity index (χ1v) is 7.85. The summed E-state index contributed by atoms with van der Waals surface area (Å²) in [6, 6.07) is 13.1. The lowest BCUT2D eigenvalue weighted by Crippen LogP contribution is -2.26. The van der Waals surface area contributed by atoms with Crippen LogP contribution >= 0.6 is 11.6 Å². The van der Waals surface area contributed by atoms with Gasteiger partial charge in [0.1, 0.15) is 11.6 Å². The van der Waals surface area contributed by atoms with E-state index in [1.165, 1.54) is 12.1 Å². The van der Waals surface area contributed by atoms with Gasteiger partial charge in [0, 0.05) is 11.4 Å². The summed E-state index contributed by atoms with van der Waals surface area (Å²) in [6.07, 6.45) is 0.990.